The van der Waals surface area contributed by atoms with Crippen LogP contribution in [0.5, 0.6) is 0 Å². The van der Waals surface area contributed by atoms with Crippen LogP contribution in [0.15, 0.2) is 22.8 Å². The fraction of sp³-hybridized carbons (Fsp3) is 0.625. The number of nitrogens with zero attached hydrogens (tertiary/aromatic N) is 4. The monoisotopic (exact) mass is 342 g/mol. The van der Waals surface area contributed by atoms with Crippen molar-refractivity contribution in [1.29, 1.82) is 0 Å². The Morgan fingerprint density at radius 2 is 2.12 bits per heavy atom. The number of alkyl halides is 3. The van der Waals surface area contributed by atoms with Crippen LogP contribution in [0.3, 0.4) is 0 Å². The smallest absolute Gasteiger partial charge is 0.389 e. The summed E-state index contributed by atoms with van der Waals surface area (Å²) in [7, 11) is 1.86. The van der Waals surface area contributed by atoms with Crippen LogP contribution in [0.25, 0.3) is 0 Å². The van der Waals surface area contributed by atoms with E-state index in [2.05, 4.69) is 10.2 Å². The molecule has 0 aromatic carbocycles. The second kappa shape index (κ2) is 6.86. The minimum atomic E-state index is -4.11. The number of aromatic nitrogens is 3. The highest BCUT2D eigenvalue weighted by molar-refractivity contribution is 5.31. The van der Waals surface area contributed by atoms with Crippen LogP contribution >= 0.6 is 0 Å². The zero-order chi connectivity index (χ0) is 17.2. The molecule has 1 aliphatic heterocycles. The Labute approximate surface area is 138 Å². The van der Waals surface area contributed by atoms with Crippen molar-refractivity contribution in [2.75, 3.05) is 18.0 Å². The molecular weight excluding hydrogens is 321 g/mol. The zero-order valence-corrected chi connectivity index (χ0v) is 13.6. The van der Waals surface area contributed by atoms with Crippen LogP contribution in [-0.4, -0.2) is 34.0 Å². The Hall–Kier alpha value is -1.99. The fourth-order valence-electron chi connectivity index (χ4n) is 3.28. The van der Waals surface area contributed by atoms with Gasteiger partial charge in [-0.3, -0.25) is 0 Å². The van der Waals surface area contributed by atoms with Gasteiger partial charge in [-0.25, -0.2) is 0 Å². The second-order valence-electron chi connectivity index (χ2n) is 6.33. The number of hydrogen-bond donors (Lipinski definition) is 0. The molecule has 24 heavy (non-hydrogen) atoms. The number of anilines is 1. The Morgan fingerprint density at radius 3 is 2.83 bits per heavy atom. The van der Waals surface area contributed by atoms with E-state index in [0.29, 0.717) is 25.3 Å². The van der Waals surface area contributed by atoms with Crippen molar-refractivity contribution in [3.8, 4) is 0 Å². The normalized spacial score (nSPS) is 19.0. The molecule has 2 aromatic rings. The standard InChI is InChI=1S/C16H21F3N4O/c1-22-14(7-6-13-5-3-9-24-13)20-21-15(22)23-8-2-4-12(11-23)10-16(17,18)19/h3,5,9,12H,2,4,6-8,10-11H2,1H3. The van der Waals surface area contributed by atoms with Gasteiger partial charge in [-0.15, -0.1) is 10.2 Å². The summed E-state index contributed by atoms with van der Waals surface area (Å²) in [5.74, 6) is 1.96. The van der Waals surface area contributed by atoms with Crippen molar-refractivity contribution < 1.29 is 17.6 Å². The van der Waals surface area contributed by atoms with E-state index in [4.69, 9.17) is 4.42 Å². The Balaban J connectivity index is 1.64. The van der Waals surface area contributed by atoms with Gasteiger partial charge in [0.15, 0.2) is 0 Å². The molecule has 132 valence electrons. The first kappa shape index (κ1) is 16.9. The number of hydrogen-bond acceptors (Lipinski definition) is 4. The van der Waals surface area contributed by atoms with Crippen LogP contribution in [0.4, 0.5) is 19.1 Å². The molecule has 1 aliphatic rings. The summed E-state index contributed by atoms with van der Waals surface area (Å²) < 4.78 is 45.1. The highest BCUT2D eigenvalue weighted by Gasteiger charge is 2.34. The quantitative estimate of drug-likeness (QED) is 0.836. The molecule has 0 saturated carbocycles. The van der Waals surface area contributed by atoms with Crippen LogP contribution < -0.4 is 4.90 Å². The maximum absolute atomic E-state index is 12.6. The van der Waals surface area contributed by atoms with E-state index in [1.807, 2.05) is 28.6 Å². The first-order valence-electron chi connectivity index (χ1n) is 8.15. The zero-order valence-electron chi connectivity index (χ0n) is 13.6. The minimum absolute atomic E-state index is 0.373. The summed E-state index contributed by atoms with van der Waals surface area (Å²) in [5.41, 5.74) is 0. The predicted molar refractivity (Wildman–Crippen MR) is 82.7 cm³/mol. The lowest BCUT2D eigenvalue weighted by Gasteiger charge is -2.33. The maximum atomic E-state index is 12.6. The van der Waals surface area contributed by atoms with E-state index in [1.54, 1.807) is 6.26 Å². The fourth-order valence-corrected chi connectivity index (χ4v) is 3.28. The number of furan rings is 1. The van der Waals surface area contributed by atoms with Crippen LogP contribution in [0.1, 0.15) is 30.8 Å². The van der Waals surface area contributed by atoms with E-state index >= 15 is 0 Å². The summed E-state index contributed by atoms with van der Waals surface area (Å²) in [6, 6.07) is 3.75. The first-order valence-corrected chi connectivity index (χ1v) is 8.15. The van der Waals surface area contributed by atoms with Crippen molar-refractivity contribution in [1.82, 2.24) is 14.8 Å². The summed E-state index contributed by atoms with van der Waals surface area (Å²) >= 11 is 0. The SMILES string of the molecule is Cn1c(CCc2ccco2)nnc1N1CCCC(CC(F)(F)F)C1. The van der Waals surface area contributed by atoms with E-state index in [-0.39, 0.29) is 5.92 Å². The molecule has 8 heteroatoms. The average Bonchev–Trinajstić information content (AvgIpc) is 3.13. The van der Waals surface area contributed by atoms with Gasteiger partial charge in [-0.1, -0.05) is 0 Å². The Kier molecular flexibility index (Phi) is 4.82. The van der Waals surface area contributed by atoms with Crippen molar-refractivity contribution >= 4 is 5.95 Å². The van der Waals surface area contributed by atoms with Crippen LogP contribution in [0.2, 0.25) is 0 Å². The number of piperidine rings is 1. The van der Waals surface area contributed by atoms with E-state index in [0.717, 1.165) is 31.0 Å². The third-order valence-electron chi connectivity index (χ3n) is 4.44. The van der Waals surface area contributed by atoms with Crippen molar-refractivity contribution in [3.05, 3.63) is 30.0 Å². The molecule has 0 spiro atoms. The summed E-state index contributed by atoms with van der Waals surface area (Å²) in [6.07, 6.45) is -0.457. The largest absolute Gasteiger partial charge is 0.469 e. The van der Waals surface area contributed by atoms with Gasteiger partial charge in [0.25, 0.3) is 0 Å². The van der Waals surface area contributed by atoms with Crippen molar-refractivity contribution in [2.45, 2.75) is 38.3 Å². The Morgan fingerprint density at radius 1 is 1.29 bits per heavy atom. The number of rotatable bonds is 5. The van der Waals surface area contributed by atoms with E-state index in [1.165, 1.54) is 0 Å². The third kappa shape index (κ3) is 4.10. The lowest BCUT2D eigenvalue weighted by molar-refractivity contribution is -0.144. The third-order valence-corrected chi connectivity index (χ3v) is 4.44. The van der Waals surface area contributed by atoms with E-state index in [9.17, 15) is 13.2 Å². The summed E-state index contributed by atoms with van der Waals surface area (Å²) in [6.45, 7) is 1.10. The van der Waals surface area contributed by atoms with Gasteiger partial charge in [0.05, 0.1) is 6.26 Å². The summed E-state index contributed by atoms with van der Waals surface area (Å²) in [5, 5.41) is 8.39. The number of halogens is 3. The molecule has 1 unspecified atom stereocenters. The van der Waals surface area contributed by atoms with Crippen molar-refractivity contribution in [2.24, 2.45) is 13.0 Å². The molecule has 5 nitrogen and oxygen atoms in total. The predicted octanol–water partition coefficient (Wildman–Crippen LogP) is 3.36. The minimum Gasteiger partial charge on any atom is -0.469 e. The van der Waals surface area contributed by atoms with Crippen LogP contribution in [0, 0.1) is 5.92 Å². The Bertz CT molecular complexity index is 651. The molecule has 3 rings (SSSR count). The van der Waals surface area contributed by atoms with Crippen molar-refractivity contribution in [3.63, 3.8) is 0 Å². The highest BCUT2D eigenvalue weighted by Crippen LogP contribution is 2.31. The maximum Gasteiger partial charge on any atom is 0.389 e. The molecule has 3 heterocycles. The lowest BCUT2D eigenvalue weighted by atomic mass is 9.95. The average molecular weight is 342 g/mol. The molecule has 0 aliphatic carbocycles. The molecule has 1 atom stereocenters. The second-order valence-corrected chi connectivity index (χ2v) is 6.33. The van der Waals surface area contributed by atoms with Gasteiger partial charge >= 0.3 is 6.18 Å². The molecule has 1 fully saturated rings. The first-order chi connectivity index (χ1) is 11.4. The van der Waals surface area contributed by atoms with Gasteiger partial charge in [0.2, 0.25) is 5.95 Å². The molecule has 0 bridgehead atoms. The van der Waals surface area contributed by atoms with Gasteiger partial charge in [0.1, 0.15) is 11.6 Å². The van der Waals surface area contributed by atoms with Gasteiger partial charge in [-0.2, -0.15) is 13.2 Å². The topological polar surface area (TPSA) is 47.1 Å². The summed E-state index contributed by atoms with van der Waals surface area (Å²) in [4.78, 5) is 1.92. The van der Waals surface area contributed by atoms with Gasteiger partial charge in [-0.05, 0) is 30.9 Å². The lowest BCUT2D eigenvalue weighted by Crippen LogP contribution is -2.38. The molecular formula is C16H21F3N4O. The molecule has 0 radical (unpaired) electrons. The molecule has 1 saturated heterocycles. The highest BCUT2D eigenvalue weighted by atomic mass is 19.4. The molecule has 2 aromatic heterocycles. The van der Waals surface area contributed by atoms with E-state index < -0.39 is 12.6 Å². The number of aryl methyl sites for hydroxylation is 2. The van der Waals surface area contributed by atoms with Gasteiger partial charge in [0, 0.05) is 39.4 Å². The molecule has 0 amide bonds. The van der Waals surface area contributed by atoms with Crippen LogP contribution in [-0.2, 0) is 19.9 Å². The van der Waals surface area contributed by atoms with Gasteiger partial charge < -0.3 is 13.9 Å². The molecule has 0 N–H and O–H groups in total.